The number of likely N-dealkylation sites (N-methyl/N-ethyl adjacent to an activating group) is 1. The molecule has 3 amide bonds. The van der Waals surface area contributed by atoms with Crippen molar-refractivity contribution in [2.75, 3.05) is 72.4 Å². The molecule has 7 aromatic rings. The molecule has 4 aliphatic heterocycles. The van der Waals surface area contributed by atoms with Crippen molar-refractivity contribution in [1.82, 2.24) is 59.4 Å². The van der Waals surface area contributed by atoms with Crippen molar-refractivity contribution < 1.29 is 88.1 Å². The summed E-state index contributed by atoms with van der Waals surface area (Å²) in [6, 6.07) is 22.9. The van der Waals surface area contributed by atoms with Crippen LogP contribution in [-0.4, -0.2) is 192 Å². The van der Waals surface area contributed by atoms with E-state index in [0.29, 0.717) is 54.6 Å². The van der Waals surface area contributed by atoms with Gasteiger partial charge in [0.1, 0.15) is 102 Å². The second-order valence-electron chi connectivity index (χ2n) is 24.7. The van der Waals surface area contributed by atoms with Crippen molar-refractivity contribution in [1.29, 1.82) is 0 Å². The number of amides is 3. The molecular weight excluding hydrogens is 1520 g/mol. The van der Waals surface area contributed by atoms with Crippen LogP contribution in [0.25, 0.3) is 33.3 Å². The molecule has 11 rings (SSSR count). The molecule has 4 fully saturated rings. The minimum absolute atomic E-state index is 0.0609. The normalized spacial score (nSPS) is 23.0. The number of nitrogens with zero attached hydrogens (tertiary/aromatic N) is 7. The lowest BCUT2D eigenvalue weighted by atomic mass is 10.0. The lowest BCUT2D eigenvalue weighted by Crippen LogP contribution is -2.40. The van der Waals surface area contributed by atoms with Gasteiger partial charge in [-0.15, -0.1) is 0 Å². The van der Waals surface area contributed by atoms with Gasteiger partial charge < -0.3 is 62.7 Å². The smallest absolute Gasteiger partial charge is 0.442 e. The first-order chi connectivity index (χ1) is 49.8. The van der Waals surface area contributed by atoms with Crippen LogP contribution in [0.3, 0.4) is 0 Å². The number of imide groups is 1. The van der Waals surface area contributed by atoms with E-state index in [9.17, 15) is 67.2 Å². The number of rotatable bonds is 29. The number of aromatic amines is 2. The zero-order chi connectivity index (χ0) is 74.0. The van der Waals surface area contributed by atoms with Gasteiger partial charge in [-0.1, -0.05) is 78.9 Å². The number of esters is 1. The average molecular weight is 1590 g/mol. The van der Waals surface area contributed by atoms with Crippen molar-refractivity contribution in [3.63, 3.8) is 0 Å². The third kappa shape index (κ3) is 19.3. The van der Waals surface area contributed by atoms with Crippen molar-refractivity contribution in [3.05, 3.63) is 168 Å². The number of carbonyl (C=O) groups excluding carboxylic acids is 5. The van der Waals surface area contributed by atoms with Crippen LogP contribution in [0, 0.1) is 11.8 Å². The predicted molar refractivity (Wildman–Crippen MR) is 373 cm³/mol. The van der Waals surface area contributed by atoms with E-state index in [1.165, 1.54) is 53.6 Å². The number of anilines is 1. The molecule has 39 heteroatoms. The Labute approximate surface area is 604 Å². The summed E-state index contributed by atoms with van der Waals surface area (Å²) >= 11 is 1.52. The molecule has 3 aromatic carbocycles. The Kier molecular flexibility index (Phi) is 25.1. The number of phosphoric ester groups is 2. The molecule has 0 saturated carbocycles. The van der Waals surface area contributed by atoms with Gasteiger partial charge in [0.15, 0.2) is 6.23 Å². The second-order valence-corrected chi connectivity index (χ2v) is 28.1. The molecule has 36 nitrogen and oxygen atoms in total. The fourth-order valence-corrected chi connectivity index (χ4v) is 14.3. The van der Waals surface area contributed by atoms with Gasteiger partial charge >= 0.3 is 38.9 Å². The molecule has 10 N–H and O–H groups in total. The second kappa shape index (κ2) is 34.1. The lowest BCUT2D eigenvalue weighted by molar-refractivity contribution is -0.171. The van der Waals surface area contributed by atoms with Crippen molar-refractivity contribution in [3.8, 4) is 34.1 Å². The molecule has 3 unspecified atom stereocenters. The van der Waals surface area contributed by atoms with Gasteiger partial charge in [0.05, 0.1) is 49.8 Å². The van der Waals surface area contributed by atoms with Crippen LogP contribution in [0.1, 0.15) is 84.1 Å². The van der Waals surface area contributed by atoms with Gasteiger partial charge in [0.25, 0.3) is 11.1 Å². The van der Waals surface area contributed by atoms with Gasteiger partial charge in [-0.25, -0.2) is 28.7 Å². The summed E-state index contributed by atoms with van der Waals surface area (Å²) in [5, 5.41) is 19.3. The predicted octanol–water partition coefficient (Wildman–Crippen LogP) is 1.95. The van der Waals surface area contributed by atoms with E-state index in [4.69, 9.17) is 45.8 Å². The first-order valence-electron chi connectivity index (χ1n) is 32.4. The zero-order valence-electron chi connectivity index (χ0n) is 55.6. The Morgan fingerprint density at radius 1 is 0.760 bits per heavy atom. The van der Waals surface area contributed by atoms with Gasteiger partial charge in [0.2, 0.25) is 11.8 Å². The van der Waals surface area contributed by atoms with E-state index in [2.05, 4.69) is 42.3 Å². The SMILES string of the molecule is CN(C)CCNCCC(=O)NCC(=O)NC(=O)C#Cc1cn([C@H]2C[C@H](OP(=O)(O)OC[C@H]3O[C@@H](n4cc(-c5ccc(C=O)cc5)c(=O)[nH]c4=O)C[C@@H]3OP(=O)(O)OC[C@H]3O[C@@H](n4cc(-c5ccc(C6OC(=O)CCN6Cc6ccccc6)cc5)c5c(N)ncnc54)C[C@@H]3O)[C@@H](COI)O2)c(=O)[nH]c1=O. The Bertz CT molecular complexity index is 4720. The number of fused-ring (bicyclic) bond motifs is 1. The number of aliphatic hydroxyl groups is 1. The van der Waals surface area contributed by atoms with E-state index in [1.807, 2.05) is 83.9 Å². The van der Waals surface area contributed by atoms with Crippen LogP contribution in [0.5, 0.6) is 0 Å². The summed E-state index contributed by atoms with van der Waals surface area (Å²) in [6.07, 6.45) is -8.12. The summed E-state index contributed by atoms with van der Waals surface area (Å²) in [5.41, 5.74) is 5.92. The highest BCUT2D eigenvalue weighted by atomic mass is 127. The summed E-state index contributed by atoms with van der Waals surface area (Å²) < 4.78 is 83.4. The monoisotopic (exact) mass is 1590 g/mol. The van der Waals surface area contributed by atoms with Crippen molar-refractivity contribution >= 4 is 85.5 Å². The number of phosphoric acid groups is 2. The third-order valence-electron chi connectivity index (χ3n) is 17.2. The van der Waals surface area contributed by atoms with Crippen LogP contribution >= 0.6 is 38.7 Å². The largest absolute Gasteiger partial charge is 0.472 e. The molecule has 0 spiro atoms. The highest BCUT2D eigenvalue weighted by molar-refractivity contribution is 14.1. The van der Waals surface area contributed by atoms with Crippen LogP contribution in [0.15, 0.2) is 123 Å². The molecule has 0 radical (unpaired) electrons. The number of aromatic nitrogens is 7. The number of aldehydes is 1. The maximum Gasteiger partial charge on any atom is 0.472 e. The number of benzene rings is 3. The van der Waals surface area contributed by atoms with Crippen molar-refractivity contribution in [2.24, 2.45) is 0 Å². The first kappa shape index (κ1) is 76.5. The number of carbonyl (C=O) groups is 5. The molecule has 104 heavy (non-hydrogen) atoms. The third-order valence-corrected chi connectivity index (χ3v) is 19.6. The van der Waals surface area contributed by atoms with E-state index in [0.717, 1.165) is 39.2 Å². The maximum atomic E-state index is 14.1. The number of ether oxygens (including phenoxy) is 4. The van der Waals surface area contributed by atoms with Gasteiger partial charge in [-0.2, -0.15) is 0 Å². The molecule has 0 aliphatic carbocycles. The number of halogens is 1. The van der Waals surface area contributed by atoms with E-state index >= 15 is 0 Å². The Hall–Kier alpha value is -8.62. The number of H-pyrrole nitrogens is 2. The van der Waals surface area contributed by atoms with Crippen molar-refractivity contribution in [2.45, 2.75) is 100 Å². The standard InChI is InChI=1S/C65H72IN13O23P2/c1-75(2)23-21-68-20-18-51(82)69-27-53(84)72-52(83)17-16-42-29-78(64(88)73-61(42)86)55-25-46(49(98-55)33-94-66)101-104(92,93)96-35-50-47(26-56(99-50)79-31-44(62(87)74-65(79)89)40-10-8-38(32-80)9-11-40)102-103(90,91)95-34-48-45(81)24-54(97-48)77-30-43(58-59(67)70-36-71-60(58)77)39-12-14-41(15-13-39)63-76(22-19-57(85)100-63)28-37-6-4-3-5-7-37/h3-15,29-32,36,45-50,54-56,63,68,81H,18-28,33-35H2,1-2H3,(H,69,82)(H,90,91)(H,92,93)(H2,67,70,71)(H,72,83,84)(H,73,86,88)(H,74,87,89)/t45-,46-,47-,48+,49+,50+,54+,55+,56+,63?/m0/s1. The molecule has 0 bridgehead atoms. The summed E-state index contributed by atoms with van der Waals surface area (Å²) in [5.74, 6) is 1.63. The van der Waals surface area contributed by atoms with Crippen LogP contribution < -0.4 is 44.2 Å². The summed E-state index contributed by atoms with van der Waals surface area (Å²) in [7, 11) is -6.88. The maximum absolute atomic E-state index is 14.1. The molecule has 4 aliphatic rings. The van der Waals surface area contributed by atoms with Crippen LogP contribution in [0.2, 0.25) is 0 Å². The molecule has 12 atom stereocenters. The topological polar surface area (TPSA) is 472 Å². The van der Waals surface area contributed by atoms with Crippen LogP contribution in [-0.2, 0) is 75.0 Å². The molecule has 4 aromatic heterocycles. The van der Waals surface area contributed by atoms with Gasteiger partial charge in [-0.3, -0.25) is 81.0 Å². The summed E-state index contributed by atoms with van der Waals surface area (Å²) in [6.45, 7) is 0.118. The number of hydrogen-bond donors (Lipinski definition) is 9. The van der Waals surface area contributed by atoms with Gasteiger partial charge in [-0.05, 0) is 36.7 Å². The Balaban J connectivity index is 0.759. The quantitative estimate of drug-likeness (QED) is 0.00808. The Morgan fingerprint density at radius 2 is 1.37 bits per heavy atom. The lowest BCUT2D eigenvalue weighted by Gasteiger charge is -2.35. The zero-order valence-corrected chi connectivity index (χ0v) is 59.5. The molecule has 552 valence electrons. The summed E-state index contributed by atoms with van der Waals surface area (Å²) in [4.78, 5) is 154. The number of nitrogens with one attached hydrogen (secondary N) is 5. The number of cyclic esters (lactones) is 1. The molecule has 4 saturated heterocycles. The van der Waals surface area contributed by atoms with E-state index < -0.39 is 156 Å². The number of nitrogen functional groups attached to an aromatic ring is 1. The first-order valence-corrected chi connectivity index (χ1v) is 36.3. The minimum Gasteiger partial charge on any atom is -0.442 e. The fourth-order valence-electron chi connectivity index (χ4n) is 12.0. The van der Waals surface area contributed by atoms with Crippen LogP contribution in [0.4, 0.5) is 5.82 Å². The number of nitrogens with two attached hydrogens (primary N) is 1. The molecular formula is C65H72IN13O23P2. The minimum atomic E-state index is -5.34. The van der Waals surface area contributed by atoms with E-state index in [-0.39, 0.29) is 54.3 Å². The van der Waals surface area contributed by atoms with Gasteiger partial charge in [0, 0.05) is 99.6 Å². The number of hydrogen-bond acceptors (Lipinski definition) is 27. The highest BCUT2D eigenvalue weighted by Crippen LogP contribution is 2.52. The average Bonchev–Trinajstić information content (AvgIpc) is 1.60. The highest BCUT2D eigenvalue weighted by Gasteiger charge is 2.47. The van der Waals surface area contributed by atoms with E-state index in [1.54, 1.807) is 10.8 Å². The Morgan fingerprint density at radius 3 is 2.03 bits per heavy atom. The fraction of sp³-hybridized carbons (Fsp3) is 0.400. The molecule has 8 heterocycles. The number of aliphatic hydroxyl groups excluding tert-OH is 1.